The van der Waals surface area contributed by atoms with Gasteiger partial charge in [0.25, 0.3) is 0 Å². The SMILES string of the molecule is CC1=C(/C=C/C(C)=C/C=C/C(C)=C/C=C/C=C(C)/C=C/C=C(C)/C=C/C2=C(C)CCCC2(C)C)C(C)(C)CCC1.COc1cc(/C=C/C(=O)CC(=O)/C=C/c2ccc(O)c(OC)c2)ccc1O.COc1cc(CCC(=O)CC(=O)CCc2ccc(O)c(OC)c2)ccc1O.Cc1c(C)c2c(c(C)c1O)CC[C@@](C)(CCC[C@H](C)CCC[C@H](C)CCCC(C)C)O2.Oc1cc(O)c2c(c1)O[C@H](c1ccc(O)c(O)c1)[C@@H](O)C2. The lowest BCUT2D eigenvalue weighted by molar-refractivity contribution is -0.127. The van der Waals surface area contributed by atoms with Gasteiger partial charge in [0, 0.05) is 42.5 Å². The van der Waals surface area contributed by atoms with E-state index in [1.54, 1.807) is 71.8 Å². The molecule has 5 atom stereocenters. The fourth-order valence-electron chi connectivity index (χ4n) is 18.5. The molecule has 0 radical (unpaired) electrons. The van der Waals surface area contributed by atoms with E-state index in [0.29, 0.717) is 74.7 Å². The first kappa shape index (κ1) is 120. The standard InChI is InChI=1S/C40H56.C29H50O2.C21H24O6.C21H20O6.C15H14O6/c1-31(19-13-21-33(3)25-27-37-35(5)23-15-29-39(37,7)8)17-11-12-18-32(2)20-14-22-34(4)26-28-38-36(6)24-16-30-40(38,9)10;1-20(2)12-9-13-21(3)14-10-15-22(4)16-11-18-29(8)19-17-26-25(7)27(30)23(5)24(6)28(26)31-29;2*1-26-20-11-14(5-9-18(20)24)3-7-16(22)13-17(23)8-4-15-6-10-19(25)21(12-15)27-2;16-8-4-11(18)9-6-13(20)15(21-14(9)5-8)7-1-2-10(17)12(19)3-7/h11-14,17-22,25-28H,15-16,23-24,29-30H2,1-10H3;20-22,30H,9-19H2,1-8H3;5-6,9-12,24-25H,3-4,7-8,13H2,1-2H3;3-12,24-25H,13H2,1-2H3;1-5,13,15-20H,6H2/b12-11+,19-13+,20-14+,27-25+,28-26+,31-17+,32-18+,33-21+,34-22+;;;7-3+,8-4+;/t;21-,22-,29-;;;13-,15+/m.1..0/s1. The molecule has 0 unspecified atom stereocenters. The van der Waals surface area contributed by atoms with Crippen molar-refractivity contribution < 1.29 is 98.7 Å². The van der Waals surface area contributed by atoms with Crippen LogP contribution >= 0.6 is 0 Å². The fourth-order valence-corrected chi connectivity index (χ4v) is 18.5. The van der Waals surface area contributed by atoms with Crippen molar-refractivity contribution in [2.24, 2.45) is 28.6 Å². The Morgan fingerprint density at radius 3 is 1.32 bits per heavy atom. The molecule has 20 heteroatoms. The molecule has 0 spiro atoms. The molecule has 7 aromatic rings. The number of ether oxygens (including phenoxy) is 6. The molecule has 11 rings (SSSR count). The number of aryl methyl sites for hydroxylation is 2. The molecule has 788 valence electrons. The third-order valence-electron chi connectivity index (χ3n) is 27.7. The Bertz CT molecular complexity index is 5760. The van der Waals surface area contributed by atoms with Crippen molar-refractivity contribution in [3.63, 3.8) is 0 Å². The summed E-state index contributed by atoms with van der Waals surface area (Å²) in [5, 5.41) is 96.9. The van der Waals surface area contributed by atoms with E-state index >= 15 is 0 Å². The smallest absolute Gasteiger partial charge is 0.163 e. The molecular weight excluding hydrogens is 1830 g/mol. The number of hydrogen-bond donors (Lipinski definition) is 10. The number of aliphatic hydroxyl groups excluding tert-OH is 1. The summed E-state index contributed by atoms with van der Waals surface area (Å²) in [7, 11) is 5.80. The molecule has 7 aromatic carbocycles. The number of aliphatic hydroxyl groups is 1. The van der Waals surface area contributed by atoms with Gasteiger partial charge in [-0.1, -0.05) is 261 Å². The quantitative estimate of drug-likeness (QED) is 0.00737. The molecule has 4 aliphatic rings. The van der Waals surface area contributed by atoms with Crippen LogP contribution in [-0.4, -0.2) is 114 Å². The molecule has 0 aromatic heterocycles. The Kier molecular flexibility index (Phi) is 48.2. The minimum atomic E-state index is -0.933. The summed E-state index contributed by atoms with van der Waals surface area (Å²) >= 11 is 0. The number of methoxy groups -OCH3 is 4. The molecule has 2 heterocycles. The van der Waals surface area contributed by atoms with E-state index in [0.717, 1.165) is 70.6 Å². The number of fused-ring (bicyclic) bond motifs is 2. The number of ketones is 4. The van der Waals surface area contributed by atoms with Crippen molar-refractivity contribution in [2.75, 3.05) is 28.4 Å². The summed E-state index contributed by atoms with van der Waals surface area (Å²) in [4.78, 5) is 48.0. The van der Waals surface area contributed by atoms with Gasteiger partial charge in [-0.15, -0.1) is 0 Å². The lowest BCUT2D eigenvalue weighted by Crippen LogP contribution is -2.37. The number of hydrogen-bond acceptors (Lipinski definition) is 20. The largest absolute Gasteiger partial charge is 0.508 e. The summed E-state index contributed by atoms with van der Waals surface area (Å²) in [5.41, 5.74) is 19.9. The third-order valence-corrected chi connectivity index (χ3v) is 27.7. The Morgan fingerprint density at radius 2 is 0.863 bits per heavy atom. The number of phenolic OH excluding ortho intramolecular Hbond substituents is 9. The lowest BCUT2D eigenvalue weighted by atomic mass is 9.72. The Hall–Kier alpha value is -13.2. The number of rotatable bonds is 41. The zero-order chi connectivity index (χ0) is 108. The van der Waals surface area contributed by atoms with Gasteiger partial charge in [-0.05, 0) is 303 Å². The highest BCUT2D eigenvalue weighted by atomic mass is 16.5. The minimum absolute atomic E-state index is 0.00662. The average Bonchev–Trinajstić information content (AvgIpc) is 0.763. The number of benzene rings is 7. The van der Waals surface area contributed by atoms with Crippen LogP contribution in [0.25, 0.3) is 12.2 Å². The van der Waals surface area contributed by atoms with Gasteiger partial charge in [0.1, 0.15) is 52.0 Å². The number of phenols is 9. The molecule has 146 heavy (non-hydrogen) atoms. The maximum absolute atomic E-state index is 12.1. The van der Waals surface area contributed by atoms with Crippen LogP contribution in [0.15, 0.2) is 245 Å². The molecule has 0 amide bonds. The first-order valence-electron chi connectivity index (χ1n) is 51.5. The lowest BCUT2D eigenvalue weighted by Gasteiger charge is -2.38. The second-order valence-corrected chi connectivity index (χ2v) is 41.6. The van der Waals surface area contributed by atoms with E-state index < -0.39 is 12.2 Å². The van der Waals surface area contributed by atoms with E-state index in [-0.39, 0.29) is 113 Å². The normalized spacial score (nSPS) is 17.3. The Labute approximate surface area is 869 Å². The zero-order valence-electron chi connectivity index (χ0n) is 90.6. The molecule has 0 saturated carbocycles. The van der Waals surface area contributed by atoms with Crippen LogP contribution in [0.2, 0.25) is 0 Å². The molecule has 0 bridgehead atoms. The van der Waals surface area contributed by atoms with E-state index in [1.165, 1.54) is 224 Å². The van der Waals surface area contributed by atoms with Crippen LogP contribution in [0.1, 0.15) is 294 Å². The van der Waals surface area contributed by atoms with E-state index in [4.69, 9.17) is 28.4 Å². The number of allylic oxidation sites excluding steroid dienone is 24. The molecule has 2 aliphatic carbocycles. The third kappa shape index (κ3) is 39.3. The number of carbonyl (C=O) groups excluding carboxylic acids is 4. The summed E-state index contributed by atoms with van der Waals surface area (Å²) in [6.07, 6.45) is 57.7. The molecular formula is C126H164O20. The van der Waals surface area contributed by atoms with Crippen molar-refractivity contribution in [1.29, 1.82) is 0 Å². The van der Waals surface area contributed by atoms with Gasteiger partial charge >= 0.3 is 0 Å². The number of Topliss-reactive ketones (excluding diaryl/α,β-unsaturated/α-hetero) is 2. The van der Waals surface area contributed by atoms with Crippen LogP contribution in [0.4, 0.5) is 0 Å². The van der Waals surface area contributed by atoms with E-state index in [2.05, 4.69) is 196 Å². The number of carbonyl (C=O) groups is 4. The van der Waals surface area contributed by atoms with Crippen LogP contribution < -0.4 is 28.4 Å². The van der Waals surface area contributed by atoms with Crippen molar-refractivity contribution in [3.8, 4) is 86.2 Å². The van der Waals surface area contributed by atoms with Gasteiger partial charge in [-0.3, -0.25) is 19.2 Å². The van der Waals surface area contributed by atoms with E-state index in [9.17, 15) is 70.2 Å². The van der Waals surface area contributed by atoms with Crippen molar-refractivity contribution in [1.82, 2.24) is 0 Å². The van der Waals surface area contributed by atoms with E-state index in [1.807, 2.05) is 13.8 Å². The van der Waals surface area contributed by atoms with Gasteiger partial charge < -0.3 is 79.5 Å². The molecule has 2 aliphatic heterocycles. The summed E-state index contributed by atoms with van der Waals surface area (Å²) in [5.74, 6) is 3.95. The highest BCUT2D eigenvalue weighted by Crippen LogP contribution is 2.48. The molecule has 20 nitrogen and oxygen atoms in total. The Morgan fingerprint density at radius 1 is 0.432 bits per heavy atom. The second-order valence-electron chi connectivity index (χ2n) is 41.6. The predicted molar refractivity (Wildman–Crippen MR) is 591 cm³/mol. The predicted octanol–water partition coefficient (Wildman–Crippen LogP) is 29.6. The maximum atomic E-state index is 12.1. The minimum Gasteiger partial charge on any atom is -0.508 e. The summed E-state index contributed by atoms with van der Waals surface area (Å²) < 4.78 is 32.3. The fraction of sp³-hybridized carbons (Fsp3) is 0.429. The van der Waals surface area contributed by atoms with Crippen LogP contribution in [0.3, 0.4) is 0 Å². The van der Waals surface area contributed by atoms with Crippen molar-refractivity contribution in [3.05, 3.63) is 301 Å². The van der Waals surface area contributed by atoms with Crippen LogP contribution in [0.5, 0.6) is 86.2 Å². The van der Waals surface area contributed by atoms with Crippen LogP contribution in [0, 0.1) is 49.4 Å². The first-order chi connectivity index (χ1) is 69.1. The Balaban J connectivity index is 0.000000251. The maximum Gasteiger partial charge on any atom is 0.163 e. The second kappa shape index (κ2) is 58.8. The van der Waals surface area contributed by atoms with Gasteiger partial charge in [-0.2, -0.15) is 0 Å². The topological polar surface area (TPSA) is 326 Å². The van der Waals surface area contributed by atoms with Gasteiger partial charge in [0.2, 0.25) is 0 Å². The van der Waals surface area contributed by atoms with Crippen molar-refractivity contribution in [2.45, 2.75) is 297 Å². The van der Waals surface area contributed by atoms with Crippen LogP contribution in [-0.2, 0) is 44.9 Å². The summed E-state index contributed by atoms with van der Waals surface area (Å²) in [6, 6.07) is 25.9. The first-order valence-corrected chi connectivity index (χ1v) is 51.5. The number of aromatic hydroxyl groups is 9. The average molecular weight is 2000 g/mol. The summed E-state index contributed by atoms with van der Waals surface area (Å²) in [6.45, 7) is 40.7. The molecule has 10 N–H and O–H groups in total. The highest BCUT2D eigenvalue weighted by Gasteiger charge is 2.36. The zero-order valence-corrected chi connectivity index (χ0v) is 90.6. The monoisotopic (exact) mass is 2000 g/mol. The molecule has 0 fully saturated rings. The van der Waals surface area contributed by atoms with Gasteiger partial charge in [-0.25, -0.2) is 0 Å². The highest BCUT2D eigenvalue weighted by molar-refractivity contribution is 6.11. The van der Waals surface area contributed by atoms with Gasteiger partial charge in [0.05, 0.1) is 47.4 Å². The van der Waals surface area contributed by atoms with Gasteiger partial charge in [0.15, 0.2) is 69.1 Å². The molecule has 0 saturated heterocycles. The van der Waals surface area contributed by atoms with Crippen molar-refractivity contribution >= 4 is 35.3 Å².